The van der Waals surface area contributed by atoms with Crippen molar-refractivity contribution < 1.29 is 4.39 Å². The van der Waals surface area contributed by atoms with Gasteiger partial charge >= 0.3 is 0 Å². The van der Waals surface area contributed by atoms with Crippen LogP contribution in [0.3, 0.4) is 0 Å². The van der Waals surface area contributed by atoms with E-state index in [-0.39, 0.29) is 5.56 Å². The molecule has 1 unspecified atom stereocenters. The van der Waals surface area contributed by atoms with Crippen LogP contribution < -0.4 is 0 Å². The molecule has 0 saturated carbocycles. The van der Waals surface area contributed by atoms with Crippen LogP contribution in [-0.2, 0) is 0 Å². The maximum Gasteiger partial charge on any atom is 0.141 e. The Hall–Kier alpha value is -1.36. The first-order valence-corrected chi connectivity index (χ1v) is 4.38. The number of hydrogen-bond acceptors (Lipinski definition) is 1. The molecule has 1 nitrogen and oxygen atoms in total. The van der Waals surface area contributed by atoms with Gasteiger partial charge in [-0.2, -0.15) is 5.26 Å². The van der Waals surface area contributed by atoms with Crippen molar-refractivity contribution in [3.63, 3.8) is 0 Å². The lowest BCUT2D eigenvalue weighted by molar-refractivity contribution is 0.616. The Morgan fingerprint density at radius 3 is 2.69 bits per heavy atom. The largest absolute Gasteiger partial charge is 0.206 e. The van der Waals surface area contributed by atoms with E-state index in [1.54, 1.807) is 6.07 Å². The van der Waals surface area contributed by atoms with Crippen LogP contribution >= 0.6 is 0 Å². The second kappa shape index (κ2) is 4.04. The molecule has 0 radical (unpaired) electrons. The summed E-state index contributed by atoms with van der Waals surface area (Å²) in [6.07, 6.45) is 0.978. The summed E-state index contributed by atoms with van der Waals surface area (Å²) in [6, 6.07) is 6.61. The van der Waals surface area contributed by atoms with Gasteiger partial charge < -0.3 is 0 Å². The van der Waals surface area contributed by atoms with E-state index in [1.807, 2.05) is 13.0 Å². The highest BCUT2D eigenvalue weighted by atomic mass is 19.1. The van der Waals surface area contributed by atoms with Crippen molar-refractivity contribution in [3.05, 3.63) is 35.1 Å². The lowest BCUT2D eigenvalue weighted by Crippen LogP contribution is -1.93. The molecule has 0 bridgehead atoms. The molecule has 1 aromatic rings. The Kier molecular flexibility index (Phi) is 3.02. The van der Waals surface area contributed by atoms with Gasteiger partial charge in [-0.05, 0) is 30.0 Å². The van der Waals surface area contributed by atoms with Crippen molar-refractivity contribution in [1.29, 1.82) is 5.26 Å². The second-order valence-corrected chi connectivity index (χ2v) is 3.16. The highest BCUT2D eigenvalue weighted by Gasteiger charge is 2.06. The minimum Gasteiger partial charge on any atom is -0.206 e. The number of halogens is 1. The molecule has 0 aliphatic heterocycles. The predicted molar refractivity (Wildman–Crippen MR) is 49.8 cm³/mol. The average Bonchev–Trinajstić information content (AvgIpc) is 2.16. The maximum absolute atomic E-state index is 13.1. The Bertz CT molecular complexity index is 338. The van der Waals surface area contributed by atoms with Gasteiger partial charge in [0.15, 0.2) is 0 Å². The molecule has 0 saturated heterocycles. The third-order valence-corrected chi connectivity index (χ3v) is 2.30. The van der Waals surface area contributed by atoms with E-state index in [9.17, 15) is 4.39 Å². The van der Waals surface area contributed by atoms with Crippen molar-refractivity contribution >= 4 is 0 Å². The summed E-state index contributed by atoms with van der Waals surface area (Å²) in [5.41, 5.74) is 1.08. The Morgan fingerprint density at radius 1 is 1.54 bits per heavy atom. The van der Waals surface area contributed by atoms with Gasteiger partial charge in [-0.25, -0.2) is 4.39 Å². The zero-order chi connectivity index (χ0) is 9.84. The molecule has 0 spiro atoms. The lowest BCUT2D eigenvalue weighted by Gasteiger charge is -2.08. The summed E-state index contributed by atoms with van der Waals surface area (Å²) in [6.45, 7) is 4.10. The molecule has 0 aliphatic carbocycles. The quantitative estimate of drug-likeness (QED) is 0.680. The SMILES string of the molecule is CCC(C)c1ccc(C#N)c(F)c1. The fourth-order valence-electron chi connectivity index (χ4n) is 1.16. The third kappa shape index (κ3) is 2.06. The summed E-state index contributed by atoms with van der Waals surface area (Å²) in [7, 11) is 0. The van der Waals surface area contributed by atoms with Crippen LogP contribution in [0.2, 0.25) is 0 Å². The highest BCUT2D eigenvalue weighted by Crippen LogP contribution is 2.20. The monoisotopic (exact) mass is 177 g/mol. The maximum atomic E-state index is 13.1. The molecule has 0 fully saturated rings. The normalized spacial score (nSPS) is 12.2. The molecule has 13 heavy (non-hydrogen) atoms. The molecule has 0 N–H and O–H groups in total. The molecule has 2 heteroatoms. The van der Waals surface area contributed by atoms with Crippen molar-refractivity contribution in [3.8, 4) is 6.07 Å². The van der Waals surface area contributed by atoms with Crippen LogP contribution in [0.15, 0.2) is 18.2 Å². The first-order valence-electron chi connectivity index (χ1n) is 4.38. The number of nitriles is 1. The minimum absolute atomic E-state index is 0.118. The van der Waals surface area contributed by atoms with E-state index in [2.05, 4.69) is 6.92 Å². The van der Waals surface area contributed by atoms with E-state index in [1.165, 1.54) is 12.1 Å². The number of benzene rings is 1. The van der Waals surface area contributed by atoms with Crippen LogP contribution in [0.25, 0.3) is 0 Å². The molecule has 0 heterocycles. The average molecular weight is 177 g/mol. The Morgan fingerprint density at radius 2 is 2.23 bits per heavy atom. The molecule has 0 aromatic heterocycles. The van der Waals surface area contributed by atoms with Crippen molar-refractivity contribution in [2.24, 2.45) is 0 Å². The summed E-state index contributed by atoms with van der Waals surface area (Å²) >= 11 is 0. The van der Waals surface area contributed by atoms with Gasteiger partial charge in [0, 0.05) is 0 Å². The van der Waals surface area contributed by atoms with Gasteiger partial charge in [0.05, 0.1) is 5.56 Å². The van der Waals surface area contributed by atoms with Gasteiger partial charge in [-0.15, -0.1) is 0 Å². The first-order chi connectivity index (χ1) is 6.19. The first kappa shape index (κ1) is 9.73. The van der Waals surface area contributed by atoms with Gasteiger partial charge in [0.1, 0.15) is 11.9 Å². The van der Waals surface area contributed by atoms with E-state index < -0.39 is 5.82 Å². The predicted octanol–water partition coefficient (Wildman–Crippen LogP) is 3.21. The Balaban J connectivity index is 3.04. The third-order valence-electron chi connectivity index (χ3n) is 2.30. The van der Waals surface area contributed by atoms with E-state index >= 15 is 0 Å². The summed E-state index contributed by atoms with van der Waals surface area (Å²) in [5, 5.41) is 8.52. The molecule has 68 valence electrons. The van der Waals surface area contributed by atoms with Crippen LogP contribution in [-0.4, -0.2) is 0 Å². The smallest absolute Gasteiger partial charge is 0.141 e. The van der Waals surface area contributed by atoms with E-state index in [0.717, 1.165) is 12.0 Å². The molecule has 0 aliphatic rings. The van der Waals surface area contributed by atoms with Gasteiger partial charge in [0.2, 0.25) is 0 Å². The van der Waals surface area contributed by atoms with Crippen molar-refractivity contribution in [2.45, 2.75) is 26.2 Å². The molecule has 1 aromatic carbocycles. The number of nitrogens with zero attached hydrogens (tertiary/aromatic N) is 1. The zero-order valence-corrected chi connectivity index (χ0v) is 7.84. The fourth-order valence-corrected chi connectivity index (χ4v) is 1.16. The molecule has 1 atom stereocenters. The van der Waals surface area contributed by atoms with Crippen molar-refractivity contribution in [2.75, 3.05) is 0 Å². The topological polar surface area (TPSA) is 23.8 Å². The summed E-state index contributed by atoms with van der Waals surface area (Å²) in [4.78, 5) is 0. The van der Waals surface area contributed by atoms with E-state index in [4.69, 9.17) is 5.26 Å². The van der Waals surface area contributed by atoms with E-state index in [0.29, 0.717) is 5.92 Å². The highest BCUT2D eigenvalue weighted by molar-refractivity contribution is 5.34. The number of hydrogen-bond donors (Lipinski definition) is 0. The molecule has 0 amide bonds. The van der Waals surface area contributed by atoms with Crippen molar-refractivity contribution in [1.82, 2.24) is 0 Å². The summed E-state index contributed by atoms with van der Waals surface area (Å²) < 4.78 is 13.1. The fraction of sp³-hybridized carbons (Fsp3) is 0.364. The second-order valence-electron chi connectivity index (χ2n) is 3.16. The molecule has 1 rings (SSSR count). The molecular formula is C11H12FN. The van der Waals surface area contributed by atoms with Gasteiger partial charge in [-0.1, -0.05) is 19.9 Å². The van der Waals surface area contributed by atoms with Gasteiger partial charge in [0.25, 0.3) is 0 Å². The minimum atomic E-state index is -0.416. The number of rotatable bonds is 2. The zero-order valence-electron chi connectivity index (χ0n) is 7.84. The van der Waals surface area contributed by atoms with Crippen LogP contribution in [0.1, 0.15) is 37.3 Å². The summed E-state index contributed by atoms with van der Waals surface area (Å²) in [5.74, 6) is -0.0671. The Labute approximate surface area is 77.8 Å². The van der Waals surface area contributed by atoms with Gasteiger partial charge in [-0.3, -0.25) is 0 Å². The van der Waals surface area contributed by atoms with Crippen LogP contribution in [0.4, 0.5) is 4.39 Å². The van der Waals surface area contributed by atoms with Crippen LogP contribution in [0.5, 0.6) is 0 Å². The lowest BCUT2D eigenvalue weighted by atomic mass is 9.97. The van der Waals surface area contributed by atoms with Crippen LogP contribution in [0, 0.1) is 17.1 Å². The standard InChI is InChI=1S/C11H12FN/c1-3-8(2)9-4-5-10(7-13)11(12)6-9/h4-6,8H,3H2,1-2H3. The molecular weight excluding hydrogens is 165 g/mol.